The summed E-state index contributed by atoms with van der Waals surface area (Å²) >= 11 is 0. The Bertz CT molecular complexity index is 1080. The Kier molecular flexibility index (Phi) is 7.11. The number of fused-ring (bicyclic) bond motifs is 2. The molecule has 1 atom stereocenters. The Morgan fingerprint density at radius 2 is 1.51 bits per heavy atom. The summed E-state index contributed by atoms with van der Waals surface area (Å²) in [7, 11) is 0. The number of hydrogen-bond acceptors (Lipinski definition) is 6. The second-order valence-electron chi connectivity index (χ2n) is 9.60. The second-order valence-corrected chi connectivity index (χ2v) is 9.60. The summed E-state index contributed by atoms with van der Waals surface area (Å²) in [6.07, 6.45) is 7.11. The van der Waals surface area contributed by atoms with Gasteiger partial charge >= 0.3 is 0 Å². The summed E-state index contributed by atoms with van der Waals surface area (Å²) in [6, 6.07) is 18.0. The first-order chi connectivity index (χ1) is 17.2. The molecule has 6 nitrogen and oxygen atoms in total. The van der Waals surface area contributed by atoms with Gasteiger partial charge in [-0.05, 0) is 35.1 Å². The van der Waals surface area contributed by atoms with Gasteiger partial charge in [-0.3, -0.25) is 9.91 Å². The number of amidine groups is 1. The van der Waals surface area contributed by atoms with Crippen LogP contribution < -0.4 is 5.84 Å². The first-order valence-corrected chi connectivity index (χ1v) is 12.7. The van der Waals surface area contributed by atoms with Gasteiger partial charge in [0.1, 0.15) is 12.0 Å². The van der Waals surface area contributed by atoms with Crippen molar-refractivity contribution >= 4 is 11.8 Å². The number of aliphatic imine (C=N–C) groups is 2. The van der Waals surface area contributed by atoms with Gasteiger partial charge in [0.15, 0.2) is 0 Å². The molecule has 182 valence electrons. The van der Waals surface area contributed by atoms with E-state index in [4.69, 9.17) is 10.8 Å². The van der Waals surface area contributed by atoms with E-state index < -0.39 is 0 Å². The van der Waals surface area contributed by atoms with E-state index in [1.165, 1.54) is 22.3 Å². The van der Waals surface area contributed by atoms with Crippen LogP contribution in [-0.2, 0) is 12.8 Å². The first kappa shape index (κ1) is 23.5. The molecule has 5 rings (SSSR count). The molecule has 2 N–H and O–H groups in total. The van der Waals surface area contributed by atoms with Crippen LogP contribution in [0.2, 0.25) is 0 Å². The molecule has 0 spiro atoms. The third kappa shape index (κ3) is 4.95. The Labute approximate surface area is 209 Å². The molecule has 0 aromatic heterocycles. The lowest BCUT2D eigenvalue weighted by atomic mass is 9.87. The lowest BCUT2D eigenvalue weighted by molar-refractivity contribution is 0.157. The fourth-order valence-electron chi connectivity index (χ4n) is 5.57. The lowest BCUT2D eigenvalue weighted by Gasteiger charge is -2.42. The van der Waals surface area contributed by atoms with E-state index in [2.05, 4.69) is 76.5 Å². The van der Waals surface area contributed by atoms with Crippen molar-refractivity contribution in [3.8, 4) is 0 Å². The molecule has 2 heterocycles. The highest BCUT2D eigenvalue weighted by atomic mass is 15.6. The topological polar surface area (TPSA) is 60.5 Å². The number of hydrazine groups is 1. The smallest absolute Gasteiger partial charge is 0.219 e. The van der Waals surface area contributed by atoms with E-state index in [-0.39, 0.29) is 6.17 Å². The minimum Gasteiger partial charge on any atom is -0.339 e. The molecule has 1 unspecified atom stereocenters. The van der Waals surface area contributed by atoms with Crippen molar-refractivity contribution in [2.24, 2.45) is 15.8 Å². The fraction of sp³-hybridized carbons (Fsp3) is 0.379. The molecule has 2 aromatic carbocycles. The molecule has 1 fully saturated rings. The molecule has 0 saturated carbocycles. The minimum atomic E-state index is -0.160. The molecule has 1 aliphatic carbocycles. The van der Waals surface area contributed by atoms with E-state index in [0.717, 1.165) is 57.4 Å². The average molecular weight is 469 g/mol. The summed E-state index contributed by atoms with van der Waals surface area (Å²) in [5.41, 5.74) is 5.96. The van der Waals surface area contributed by atoms with E-state index in [1.54, 1.807) is 5.01 Å². The number of benzene rings is 2. The van der Waals surface area contributed by atoms with Gasteiger partial charge in [0.2, 0.25) is 5.96 Å². The Balaban J connectivity index is 1.32. The molecule has 0 bridgehead atoms. The van der Waals surface area contributed by atoms with Crippen molar-refractivity contribution < 1.29 is 0 Å². The third-order valence-corrected chi connectivity index (χ3v) is 7.40. The monoisotopic (exact) mass is 468 g/mol. The van der Waals surface area contributed by atoms with Crippen LogP contribution in [0.3, 0.4) is 0 Å². The number of hydrogen-bond donors (Lipinski definition) is 1. The largest absolute Gasteiger partial charge is 0.339 e. The number of piperazine rings is 1. The summed E-state index contributed by atoms with van der Waals surface area (Å²) in [6.45, 7) is 12.5. The van der Waals surface area contributed by atoms with Gasteiger partial charge in [-0.25, -0.2) is 10.8 Å². The van der Waals surface area contributed by atoms with Crippen molar-refractivity contribution in [1.82, 2.24) is 14.8 Å². The highest BCUT2D eigenvalue weighted by Crippen LogP contribution is 2.35. The summed E-state index contributed by atoms with van der Waals surface area (Å²) < 4.78 is 0. The molecule has 2 aliphatic heterocycles. The average Bonchev–Trinajstić information content (AvgIpc) is 3.04. The number of nitrogens with zero attached hydrogens (tertiary/aromatic N) is 5. The molecule has 2 aromatic rings. The number of rotatable bonds is 6. The van der Waals surface area contributed by atoms with Crippen molar-refractivity contribution in [1.29, 1.82) is 0 Å². The van der Waals surface area contributed by atoms with Crippen LogP contribution >= 0.6 is 0 Å². The van der Waals surface area contributed by atoms with Crippen LogP contribution in [0.5, 0.6) is 0 Å². The SMILES string of the molecule is C=CCC1=NC(CC=C)N(N)C(N2CCN(CC3c4ccccc4CCc4ccccc43)CC2)=N1. The van der Waals surface area contributed by atoms with Gasteiger partial charge < -0.3 is 4.90 Å². The summed E-state index contributed by atoms with van der Waals surface area (Å²) in [5.74, 6) is 8.48. The highest BCUT2D eigenvalue weighted by molar-refractivity contribution is 5.98. The Morgan fingerprint density at radius 3 is 2.11 bits per heavy atom. The van der Waals surface area contributed by atoms with Gasteiger partial charge in [0, 0.05) is 51.5 Å². The lowest BCUT2D eigenvalue weighted by Crippen LogP contribution is -2.59. The molecule has 6 heteroatoms. The first-order valence-electron chi connectivity index (χ1n) is 12.7. The molecule has 1 saturated heterocycles. The fourth-order valence-corrected chi connectivity index (χ4v) is 5.57. The standard InChI is InChI=1S/C29H36N6/c1-3-9-27-31-28(10-4-2)35(30)29(32-27)34-19-17-33(18-20-34)21-26-24-13-7-5-11-22(24)15-16-23-12-6-8-14-25(23)26/h3-8,11-14,26,28H,1-2,9-10,15-21,30H2. The zero-order valence-electron chi connectivity index (χ0n) is 20.5. The van der Waals surface area contributed by atoms with Gasteiger partial charge in [0.25, 0.3) is 0 Å². The van der Waals surface area contributed by atoms with Crippen molar-refractivity contribution in [2.75, 3.05) is 32.7 Å². The number of nitrogens with two attached hydrogens (primary N) is 1. The Morgan fingerprint density at radius 1 is 0.886 bits per heavy atom. The van der Waals surface area contributed by atoms with Crippen LogP contribution in [0, 0.1) is 0 Å². The number of aryl methyl sites for hydroxylation is 2. The van der Waals surface area contributed by atoms with E-state index in [9.17, 15) is 0 Å². The van der Waals surface area contributed by atoms with E-state index >= 15 is 0 Å². The predicted octanol–water partition coefficient (Wildman–Crippen LogP) is 3.96. The van der Waals surface area contributed by atoms with E-state index in [0.29, 0.717) is 18.8 Å². The minimum absolute atomic E-state index is 0.160. The second kappa shape index (κ2) is 10.6. The van der Waals surface area contributed by atoms with Crippen LogP contribution in [-0.4, -0.2) is 65.5 Å². The molecule has 0 amide bonds. The third-order valence-electron chi connectivity index (χ3n) is 7.40. The number of guanidine groups is 1. The molecule has 0 radical (unpaired) electrons. The van der Waals surface area contributed by atoms with Crippen molar-refractivity contribution in [3.63, 3.8) is 0 Å². The predicted molar refractivity (Wildman–Crippen MR) is 144 cm³/mol. The highest BCUT2D eigenvalue weighted by Gasteiger charge is 2.31. The molecule has 3 aliphatic rings. The molecule has 35 heavy (non-hydrogen) atoms. The summed E-state index contributed by atoms with van der Waals surface area (Å²) in [5, 5.41) is 1.71. The van der Waals surface area contributed by atoms with Crippen molar-refractivity contribution in [2.45, 2.75) is 37.8 Å². The molecular weight excluding hydrogens is 432 g/mol. The quantitative estimate of drug-likeness (QED) is 0.515. The zero-order valence-corrected chi connectivity index (χ0v) is 20.5. The maximum Gasteiger partial charge on any atom is 0.219 e. The van der Waals surface area contributed by atoms with Crippen molar-refractivity contribution in [3.05, 3.63) is 96.1 Å². The van der Waals surface area contributed by atoms with Gasteiger partial charge in [-0.15, -0.1) is 13.2 Å². The van der Waals surface area contributed by atoms with Gasteiger partial charge in [-0.1, -0.05) is 60.7 Å². The van der Waals surface area contributed by atoms with Crippen LogP contribution in [0.15, 0.2) is 83.8 Å². The maximum absolute atomic E-state index is 6.47. The summed E-state index contributed by atoms with van der Waals surface area (Å²) in [4.78, 5) is 14.4. The van der Waals surface area contributed by atoms with Gasteiger partial charge in [-0.2, -0.15) is 4.99 Å². The van der Waals surface area contributed by atoms with Crippen LogP contribution in [0.4, 0.5) is 0 Å². The van der Waals surface area contributed by atoms with E-state index in [1.807, 2.05) is 12.2 Å². The maximum atomic E-state index is 6.47. The molecular formula is C29H36N6. The zero-order chi connectivity index (χ0) is 24.2. The normalized spacial score (nSPS) is 20.9. The van der Waals surface area contributed by atoms with Crippen LogP contribution in [0.1, 0.15) is 41.0 Å². The van der Waals surface area contributed by atoms with Gasteiger partial charge in [0.05, 0.1) is 0 Å². The Hall–Kier alpha value is -3.22. The van der Waals surface area contributed by atoms with Crippen LogP contribution in [0.25, 0.3) is 0 Å².